The second-order valence-corrected chi connectivity index (χ2v) is 6.96. The topological polar surface area (TPSA) is 36.4 Å². The molecule has 1 saturated heterocycles. The highest BCUT2D eigenvalue weighted by molar-refractivity contribution is 7.13. The van der Waals surface area contributed by atoms with Gasteiger partial charge in [-0.1, -0.05) is 24.3 Å². The van der Waals surface area contributed by atoms with Gasteiger partial charge in [0.25, 0.3) is 0 Å². The van der Waals surface area contributed by atoms with Crippen molar-refractivity contribution in [2.75, 3.05) is 31.1 Å². The largest absolute Gasteiger partial charge is 0.353 e. The Morgan fingerprint density at radius 1 is 1.04 bits per heavy atom. The zero-order chi connectivity index (χ0) is 16.5. The Morgan fingerprint density at radius 2 is 1.88 bits per heavy atom. The smallest absolute Gasteiger partial charge is 0.219 e. The van der Waals surface area contributed by atoms with Gasteiger partial charge in [-0.15, -0.1) is 11.3 Å². The van der Waals surface area contributed by atoms with E-state index >= 15 is 0 Å². The first-order valence-electron chi connectivity index (χ1n) is 8.16. The van der Waals surface area contributed by atoms with Crippen LogP contribution in [0, 0.1) is 0 Å². The van der Waals surface area contributed by atoms with Crippen LogP contribution < -0.4 is 4.90 Å². The minimum absolute atomic E-state index is 0.154. The fourth-order valence-corrected chi connectivity index (χ4v) is 3.95. The third-order valence-electron chi connectivity index (χ3n) is 4.54. The van der Waals surface area contributed by atoms with Gasteiger partial charge < -0.3 is 9.80 Å². The van der Waals surface area contributed by atoms with E-state index in [1.165, 1.54) is 10.4 Å². The van der Waals surface area contributed by atoms with Crippen LogP contribution in [-0.4, -0.2) is 42.0 Å². The molecule has 5 heteroatoms. The first-order valence-corrected chi connectivity index (χ1v) is 9.04. The van der Waals surface area contributed by atoms with Crippen LogP contribution in [0.2, 0.25) is 0 Å². The lowest BCUT2D eigenvalue weighted by atomic mass is 10.1. The molecule has 0 aliphatic carbocycles. The van der Waals surface area contributed by atoms with Crippen LogP contribution >= 0.6 is 11.3 Å². The highest BCUT2D eigenvalue weighted by Gasteiger charge is 2.20. The van der Waals surface area contributed by atoms with Crippen molar-refractivity contribution in [3.05, 3.63) is 47.8 Å². The number of hydrogen-bond acceptors (Lipinski definition) is 4. The molecule has 1 aromatic carbocycles. The van der Waals surface area contributed by atoms with E-state index < -0.39 is 0 Å². The number of para-hydroxylation sites is 1. The van der Waals surface area contributed by atoms with E-state index in [4.69, 9.17) is 4.98 Å². The van der Waals surface area contributed by atoms with Crippen molar-refractivity contribution < 1.29 is 4.79 Å². The van der Waals surface area contributed by atoms with Gasteiger partial charge in [0.1, 0.15) is 5.82 Å². The van der Waals surface area contributed by atoms with Crippen LogP contribution in [0.3, 0.4) is 0 Å². The molecular formula is C19H19N3OS. The minimum atomic E-state index is 0.154. The fraction of sp³-hybridized carbons (Fsp3) is 0.263. The van der Waals surface area contributed by atoms with Crippen LogP contribution in [-0.2, 0) is 4.79 Å². The molecule has 2 aromatic heterocycles. The average Bonchev–Trinajstić information content (AvgIpc) is 3.15. The van der Waals surface area contributed by atoms with E-state index in [-0.39, 0.29) is 5.91 Å². The molecule has 0 N–H and O–H groups in total. The van der Waals surface area contributed by atoms with Crippen molar-refractivity contribution in [1.82, 2.24) is 9.88 Å². The average molecular weight is 337 g/mol. The highest BCUT2D eigenvalue weighted by atomic mass is 32.1. The number of amides is 1. The van der Waals surface area contributed by atoms with Gasteiger partial charge >= 0.3 is 0 Å². The van der Waals surface area contributed by atoms with Gasteiger partial charge in [-0.3, -0.25) is 4.79 Å². The van der Waals surface area contributed by atoms with Gasteiger partial charge in [0.2, 0.25) is 5.91 Å². The number of piperazine rings is 1. The summed E-state index contributed by atoms with van der Waals surface area (Å²) >= 11 is 1.74. The van der Waals surface area contributed by atoms with Gasteiger partial charge in [0.15, 0.2) is 0 Å². The van der Waals surface area contributed by atoms with Crippen LogP contribution in [0.5, 0.6) is 0 Å². The number of rotatable bonds is 2. The van der Waals surface area contributed by atoms with Crippen LogP contribution in [0.1, 0.15) is 6.92 Å². The normalized spacial score (nSPS) is 15.0. The minimum Gasteiger partial charge on any atom is -0.353 e. The Hall–Kier alpha value is -2.40. The SMILES string of the molecule is CC(=O)N1CCN(c2ccc3cccc(-c4cccs4)c3n2)CC1. The van der Waals surface area contributed by atoms with E-state index in [2.05, 4.69) is 52.7 Å². The van der Waals surface area contributed by atoms with Crippen molar-refractivity contribution in [2.45, 2.75) is 6.92 Å². The molecule has 1 aliphatic heterocycles. The summed E-state index contributed by atoms with van der Waals surface area (Å²) in [5.74, 6) is 1.15. The highest BCUT2D eigenvalue weighted by Crippen LogP contribution is 2.32. The van der Waals surface area contributed by atoms with E-state index in [0.29, 0.717) is 0 Å². The molecule has 0 saturated carbocycles. The molecule has 0 radical (unpaired) electrons. The molecule has 3 aromatic rings. The monoisotopic (exact) mass is 337 g/mol. The molecule has 4 nitrogen and oxygen atoms in total. The number of aromatic nitrogens is 1. The summed E-state index contributed by atoms with van der Waals surface area (Å²) in [5, 5.41) is 3.26. The number of thiophene rings is 1. The van der Waals surface area contributed by atoms with Crippen molar-refractivity contribution in [3.63, 3.8) is 0 Å². The van der Waals surface area contributed by atoms with Crippen molar-refractivity contribution in [3.8, 4) is 10.4 Å². The number of pyridine rings is 1. The summed E-state index contributed by atoms with van der Waals surface area (Å²) in [6.45, 7) is 4.83. The second kappa shape index (κ2) is 6.24. The van der Waals surface area contributed by atoms with Gasteiger partial charge in [-0.05, 0) is 23.6 Å². The Bertz CT molecular complexity index is 867. The summed E-state index contributed by atoms with van der Waals surface area (Å²) in [5.41, 5.74) is 2.23. The molecule has 0 bridgehead atoms. The van der Waals surface area contributed by atoms with Crippen molar-refractivity contribution >= 4 is 34.0 Å². The summed E-state index contributed by atoms with van der Waals surface area (Å²) in [6.07, 6.45) is 0. The first-order chi connectivity index (χ1) is 11.7. The number of fused-ring (bicyclic) bond motifs is 1. The molecule has 1 aliphatic rings. The molecule has 0 unspecified atom stereocenters. The Balaban J connectivity index is 1.68. The second-order valence-electron chi connectivity index (χ2n) is 6.02. The van der Waals surface area contributed by atoms with Crippen LogP contribution in [0.25, 0.3) is 21.3 Å². The van der Waals surface area contributed by atoms with Gasteiger partial charge in [0.05, 0.1) is 5.52 Å². The summed E-state index contributed by atoms with van der Waals surface area (Å²) in [4.78, 5) is 21.8. The molecule has 24 heavy (non-hydrogen) atoms. The predicted molar refractivity (Wildman–Crippen MR) is 99.5 cm³/mol. The Morgan fingerprint density at radius 3 is 2.58 bits per heavy atom. The van der Waals surface area contributed by atoms with E-state index in [1.54, 1.807) is 18.3 Å². The number of anilines is 1. The number of carbonyl (C=O) groups excluding carboxylic acids is 1. The third kappa shape index (κ3) is 2.76. The van der Waals surface area contributed by atoms with Crippen molar-refractivity contribution in [1.29, 1.82) is 0 Å². The summed E-state index contributed by atoms with van der Waals surface area (Å²) < 4.78 is 0. The van der Waals surface area contributed by atoms with Gasteiger partial charge in [0, 0.05) is 48.9 Å². The molecule has 0 spiro atoms. The maximum absolute atomic E-state index is 11.5. The first kappa shape index (κ1) is 15.1. The Kier molecular flexibility index (Phi) is 3.94. The quantitative estimate of drug-likeness (QED) is 0.716. The lowest BCUT2D eigenvalue weighted by Crippen LogP contribution is -2.48. The predicted octanol–water partition coefficient (Wildman–Crippen LogP) is 3.63. The summed E-state index contributed by atoms with van der Waals surface area (Å²) in [7, 11) is 0. The lowest BCUT2D eigenvalue weighted by molar-refractivity contribution is -0.129. The standard InChI is InChI=1S/C19H19N3OS/c1-14(23)21-9-11-22(12-10-21)18-8-7-15-4-2-5-16(19(15)20-18)17-6-3-13-24-17/h2-8,13H,9-12H2,1H3. The van der Waals surface area contributed by atoms with Crippen LogP contribution in [0.4, 0.5) is 5.82 Å². The number of benzene rings is 1. The van der Waals surface area contributed by atoms with Crippen LogP contribution in [0.15, 0.2) is 47.8 Å². The number of hydrogen-bond donors (Lipinski definition) is 0. The lowest BCUT2D eigenvalue weighted by Gasteiger charge is -2.35. The van der Waals surface area contributed by atoms with Gasteiger partial charge in [-0.25, -0.2) is 4.98 Å². The molecule has 1 amide bonds. The molecule has 4 rings (SSSR count). The van der Waals surface area contributed by atoms with Crippen molar-refractivity contribution in [2.24, 2.45) is 0 Å². The fourth-order valence-electron chi connectivity index (χ4n) is 3.19. The molecular weight excluding hydrogens is 318 g/mol. The molecule has 122 valence electrons. The maximum atomic E-state index is 11.5. The third-order valence-corrected chi connectivity index (χ3v) is 5.44. The number of carbonyl (C=O) groups is 1. The molecule has 0 atom stereocenters. The number of nitrogens with zero attached hydrogens (tertiary/aromatic N) is 3. The zero-order valence-electron chi connectivity index (χ0n) is 13.6. The van der Waals surface area contributed by atoms with E-state index in [0.717, 1.165) is 42.9 Å². The maximum Gasteiger partial charge on any atom is 0.219 e. The summed E-state index contributed by atoms with van der Waals surface area (Å²) in [6, 6.07) is 14.8. The van der Waals surface area contributed by atoms with E-state index in [9.17, 15) is 4.79 Å². The van der Waals surface area contributed by atoms with Gasteiger partial charge in [-0.2, -0.15) is 0 Å². The van der Waals surface area contributed by atoms with E-state index in [1.807, 2.05) is 4.90 Å². The zero-order valence-corrected chi connectivity index (χ0v) is 14.4. The Labute approximate surface area is 145 Å². The molecule has 1 fully saturated rings. The molecule has 3 heterocycles.